The van der Waals surface area contributed by atoms with Gasteiger partial charge in [-0.25, -0.2) is 0 Å². The highest BCUT2D eigenvalue weighted by molar-refractivity contribution is 7.25. The summed E-state index contributed by atoms with van der Waals surface area (Å²) in [4.78, 5) is 2.57. The zero-order valence-electron chi connectivity index (χ0n) is 29.6. The third-order valence-electron chi connectivity index (χ3n) is 11.6. The number of nitrogens with zero attached hydrogens (tertiary/aromatic N) is 1. The Labute approximate surface area is 313 Å². The van der Waals surface area contributed by atoms with E-state index in [0.29, 0.717) is 0 Å². The summed E-state index contributed by atoms with van der Waals surface area (Å²) in [5, 5.41) is 10.2. The van der Waals surface area contributed by atoms with Crippen molar-refractivity contribution < 1.29 is 0 Å². The van der Waals surface area contributed by atoms with Crippen LogP contribution < -0.4 is 4.90 Å². The van der Waals surface area contributed by atoms with Crippen LogP contribution >= 0.6 is 11.3 Å². The normalized spacial score (nSPS) is 13.2. The molecule has 11 rings (SSSR count). The van der Waals surface area contributed by atoms with Crippen LogP contribution in [0.1, 0.15) is 25.0 Å². The number of benzene rings is 9. The van der Waals surface area contributed by atoms with Crippen molar-refractivity contribution in [2.24, 2.45) is 0 Å². The molecular formula is C51H35NS. The number of rotatable bonds is 4. The summed E-state index contributed by atoms with van der Waals surface area (Å²) in [5.74, 6) is 0. The zero-order valence-corrected chi connectivity index (χ0v) is 30.4. The molecule has 250 valence electrons. The average molecular weight is 694 g/mol. The van der Waals surface area contributed by atoms with Crippen molar-refractivity contribution in [3.05, 3.63) is 187 Å². The molecule has 1 aliphatic carbocycles. The quantitative estimate of drug-likeness (QED) is 0.177. The molecule has 0 saturated heterocycles. The van der Waals surface area contributed by atoms with Gasteiger partial charge in [0.25, 0.3) is 0 Å². The Morgan fingerprint density at radius 3 is 1.87 bits per heavy atom. The summed E-state index contributed by atoms with van der Waals surface area (Å²) in [6.07, 6.45) is 0. The van der Waals surface area contributed by atoms with Crippen LogP contribution in [0.25, 0.3) is 74.7 Å². The summed E-state index contributed by atoms with van der Waals surface area (Å²) in [7, 11) is 0. The van der Waals surface area contributed by atoms with Crippen molar-refractivity contribution in [2.75, 3.05) is 4.90 Å². The summed E-state index contributed by atoms with van der Waals surface area (Å²) in [5.41, 5.74) is 11.2. The Balaban J connectivity index is 1.25. The molecule has 0 bridgehead atoms. The zero-order chi connectivity index (χ0) is 35.3. The van der Waals surface area contributed by atoms with Gasteiger partial charge < -0.3 is 4.90 Å². The van der Waals surface area contributed by atoms with E-state index in [-0.39, 0.29) is 5.41 Å². The van der Waals surface area contributed by atoms with Crippen molar-refractivity contribution in [1.82, 2.24) is 0 Å². The lowest BCUT2D eigenvalue weighted by Crippen LogP contribution is -2.21. The number of thiophene rings is 1. The number of fused-ring (bicyclic) bond motifs is 9. The number of anilines is 3. The Morgan fingerprint density at radius 2 is 1.04 bits per heavy atom. The molecule has 9 aromatic carbocycles. The fourth-order valence-corrected chi connectivity index (χ4v) is 10.3. The minimum absolute atomic E-state index is 0.234. The largest absolute Gasteiger partial charge is 0.309 e. The first kappa shape index (κ1) is 30.4. The van der Waals surface area contributed by atoms with Crippen molar-refractivity contribution >= 4 is 80.9 Å². The van der Waals surface area contributed by atoms with Gasteiger partial charge in [0.05, 0.1) is 11.4 Å². The van der Waals surface area contributed by atoms with Gasteiger partial charge in [0.15, 0.2) is 0 Å². The van der Waals surface area contributed by atoms with E-state index in [9.17, 15) is 0 Å². The van der Waals surface area contributed by atoms with Crippen molar-refractivity contribution in [3.63, 3.8) is 0 Å². The first-order valence-electron chi connectivity index (χ1n) is 18.4. The molecule has 0 atom stereocenters. The molecule has 0 fully saturated rings. The Hall–Kier alpha value is -6.22. The average Bonchev–Trinajstić information content (AvgIpc) is 3.68. The second-order valence-electron chi connectivity index (χ2n) is 14.9. The van der Waals surface area contributed by atoms with Gasteiger partial charge in [0.2, 0.25) is 0 Å². The second-order valence-corrected chi connectivity index (χ2v) is 16.0. The fraction of sp³-hybridized carbons (Fsp3) is 0.0588. The van der Waals surface area contributed by atoms with Crippen LogP contribution in [0, 0.1) is 0 Å². The molecule has 0 radical (unpaired) electrons. The molecule has 1 nitrogen and oxygen atoms in total. The van der Waals surface area contributed by atoms with Crippen LogP contribution in [-0.4, -0.2) is 0 Å². The van der Waals surface area contributed by atoms with E-state index in [4.69, 9.17) is 0 Å². The van der Waals surface area contributed by atoms with E-state index < -0.39 is 0 Å². The number of hydrogen-bond acceptors (Lipinski definition) is 2. The first-order chi connectivity index (χ1) is 26.0. The van der Waals surface area contributed by atoms with Crippen LogP contribution in [0.15, 0.2) is 176 Å². The van der Waals surface area contributed by atoms with E-state index in [0.717, 1.165) is 5.69 Å². The van der Waals surface area contributed by atoms with Gasteiger partial charge in [-0.05, 0) is 103 Å². The lowest BCUT2D eigenvalue weighted by molar-refractivity contribution is 0.661. The Morgan fingerprint density at radius 1 is 0.415 bits per heavy atom. The van der Waals surface area contributed by atoms with Crippen molar-refractivity contribution in [1.29, 1.82) is 0 Å². The maximum Gasteiger partial charge on any atom is 0.0546 e. The minimum atomic E-state index is -0.234. The summed E-state index contributed by atoms with van der Waals surface area (Å²) < 4.78 is 2.61. The molecule has 10 aromatic rings. The molecule has 0 spiro atoms. The van der Waals surface area contributed by atoms with E-state index in [2.05, 4.69) is 195 Å². The van der Waals surface area contributed by atoms with Crippen LogP contribution in [0.3, 0.4) is 0 Å². The van der Waals surface area contributed by atoms with Gasteiger partial charge >= 0.3 is 0 Å². The molecule has 0 aliphatic heterocycles. The van der Waals surface area contributed by atoms with Crippen molar-refractivity contribution in [2.45, 2.75) is 19.3 Å². The maximum absolute atomic E-state index is 2.57. The van der Waals surface area contributed by atoms with Crippen LogP contribution in [0.2, 0.25) is 0 Å². The molecule has 0 N–H and O–H groups in total. The van der Waals surface area contributed by atoms with Crippen molar-refractivity contribution in [3.8, 4) is 22.3 Å². The summed E-state index contributed by atoms with van der Waals surface area (Å²) >= 11 is 1.88. The topological polar surface area (TPSA) is 3.24 Å². The van der Waals surface area contributed by atoms with Gasteiger partial charge in [-0.1, -0.05) is 147 Å². The summed E-state index contributed by atoms with van der Waals surface area (Å²) in [6, 6.07) is 65.5. The smallest absolute Gasteiger partial charge is 0.0546 e. The van der Waals surface area contributed by atoms with Crippen LogP contribution in [0.4, 0.5) is 17.1 Å². The van der Waals surface area contributed by atoms with Gasteiger partial charge in [-0.3, -0.25) is 0 Å². The Bertz CT molecular complexity index is 3100. The highest BCUT2D eigenvalue weighted by atomic mass is 32.1. The highest BCUT2D eigenvalue weighted by Gasteiger charge is 2.39. The Kier molecular flexibility index (Phi) is 6.53. The van der Waals surface area contributed by atoms with Gasteiger partial charge in [-0.15, -0.1) is 11.3 Å². The number of hydrogen-bond donors (Lipinski definition) is 0. The maximum atomic E-state index is 2.57. The standard InChI is InChI=1S/C51H35NS/c1-51(2)44-30-35-16-4-3-15-34(35)29-43(44)42-22-12-23-46(50(42)51)52(36-26-27-40-39-20-9-10-24-47(39)53-48(40)31-36)45-28-25-33-14-6-8-19-38(33)49(45)41-21-11-17-32-13-5-7-18-37(32)41/h3-31H,1-2H3. The van der Waals surface area contributed by atoms with Gasteiger partial charge in [-0.2, -0.15) is 0 Å². The molecule has 1 aromatic heterocycles. The third kappa shape index (κ3) is 4.49. The van der Waals surface area contributed by atoms with E-state index >= 15 is 0 Å². The SMILES string of the molecule is CC1(C)c2cc3ccccc3cc2-c2cccc(N(c3ccc4c(c3)sc3ccccc34)c3ccc4ccccc4c3-c3cccc4ccccc34)c21. The molecule has 0 unspecified atom stereocenters. The molecule has 0 amide bonds. The van der Waals surface area contributed by atoms with Crippen LogP contribution in [0.5, 0.6) is 0 Å². The van der Waals surface area contributed by atoms with Gasteiger partial charge in [0, 0.05) is 36.8 Å². The van der Waals surface area contributed by atoms with E-state index in [1.165, 1.54) is 97.2 Å². The fourth-order valence-electron chi connectivity index (χ4n) is 9.16. The summed E-state index contributed by atoms with van der Waals surface area (Å²) in [6.45, 7) is 4.82. The lowest BCUT2D eigenvalue weighted by Gasteiger charge is -2.34. The first-order valence-corrected chi connectivity index (χ1v) is 19.2. The predicted octanol–water partition coefficient (Wildman–Crippen LogP) is 15.0. The van der Waals surface area contributed by atoms with E-state index in [1.54, 1.807) is 0 Å². The van der Waals surface area contributed by atoms with Gasteiger partial charge in [0.1, 0.15) is 0 Å². The van der Waals surface area contributed by atoms with E-state index in [1.807, 2.05) is 11.3 Å². The lowest BCUT2D eigenvalue weighted by atomic mass is 9.80. The molecule has 1 aliphatic rings. The van der Waals surface area contributed by atoms with Crippen LogP contribution in [-0.2, 0) is 5.41 Å². The highest BCUT2D eigenvalue weighted by Crippen LogP contribution is 2.56. The second kappa shape index (κ2) is 11.4. The molecule has 2 heteroatoms. The molecular weight excluding hydrogens is 659 g/mol. The monoisotopic (exact) mass is 693 g/mol. The molecule has 1 heterocycles. The molecule has 0 saturated carbocycles. The minimum Gasteiger partial charge on any atom is -0.309 e. The predicted molar refractivity (Wildman–Crippen MR) is 230 cm³/mol. The third-order valence-corrected chi connectivity index (χ3v) is 12.7. The molecule has 53 heavy (non-hydrogen) atoms.